The number of amidine groups is 1. The minimum atomic E-state index is -4.00. The van der Waals surface area contributed by atoms with Crippen molar-refractivity contribution >= 4 is 50.0 Å². The second-order valence-corrected chi connectivity index (χ2v) is 8.33. The number of hydrogen-bond donors (Lipinski definition) is 2. The van der Waals surface area contributed by atoms with Gasteiger partial charge in [0.1, 0.15) is 4.90 Å². The quantitative estimate of drug-likeness (QED) is 0.645. The van der Waals surface area contributed by atoms with Crippen molar-refractivity contribution in [3.8, 4) is 0 Å². The Morgan fingerprint density at radius 2 is 1.88 bits per heavy atom. The predicted octanol–water partition coefficient (Wildman–Crippen LogP) is 2.52. The maximum absolute atomic E-state index is 14.1. The molecule has 1 heterocycles. The predicted molar refractivity (Wildman–Crippen MR) is 99.9 cm³/mol. The molecule has 0 aliphatic carbocycles. The van der Waals surface area contributed by atoms with Crippen LogP contribution in [0.15, 0.2) is 58.4 Å². The third kappa shape index (κ3) is 3.85. The third-order valence-corrected chi connectivity index (χ3v) is 5.60. The van der Waals surface area contributed by atoms with Gasteiger partial charge in [-0.25, -0.2) is 13.4 Å². The van der Waals surface area contributed by atoms with Gasteiger partial charge < -0.3 is 5.32 Å². The van der Waals surface area contributed by atoms with Crippen LogP contribution in [0.5, 0.6) is 0 Å². The van der Waals surface area contributed by atoms with Crippen molar-refractivity contribution in [2.45, 2.75) is 10.8 Å². The Morgan fingerprint density at radius 3 is 2.58 bits per heavy atom. The fraction of sp³-hybridized carbons (Fsp3) is 0.125. The molecule has 3 rings (SSSR count). The monoisotopic (exact) mass is 491 g/mol. The number of benzene rings is 2. The molecule has 1 amide bonds. The van der Waals surface area contributed by atoms with E-state index in [2.05, 4.69) is 4.99 Å². The smallest absolute Gasteiger partial charge is 0.290 e. The molecule has 1 aliphatic rings. The topological polar surface area (TPSA) is 87.6 Å². The molecule has 0 atom stereocenters. The number of rotatable bonds is 4. The van der Waals surface area contributed by atoms with Crippen LogP contribution in [0.4, 0.5) is 14.5 Å². The Labute approximate surface area is 161 Å². The Hall–Kier alpha value is -2.08. The van der Waals surface area contributed by atoms with Crippen molar-refractivity contribution in [2.75, 3.05) is 6.54 Å². The second kappa shape index (κ2) is 6.91. The van der Waals surface area contributed by atoms with Crippen LogP contribution in [-0.2, 0) is 20.7 Å². The molecule has 0 saturated carbocycles. The Bertz CT molecular complexity index is 995. The zero-order valence-corrected chi connectivity index (χ0v) is 16.0. The molecule has 2 aromatic rings. The van der Waals surface area contributed by atoms with Gasteiger partial charge >= 0.3 is 0 Å². The Balaban J connectivity index is 1.80. The summed E-state index contributed by atoms with van der Waals surface area (Å²) in [5.74, 6) is -4.89. The van der Waals surface area contributed by atoms with Crippen LogP contribution in [-0.4, -0.2) is 26.7 Å². The molecule has 6 nitrogen and oxygen atoms in total. The second-order valence-electron chi connectivity index (χ2n) is 5.43. The van der Waals surface area contributed by atoms with E-state index in [9.17, 15) is 22.0 Å². The molecule has 136 valence electrons. The fourth-order valence-corrected chi connectivity index (χ4v) is 4.15. The average Bonchev–Trinajstić information content (AvgIpc) is 2.60. The molecule has 26 heavy (non-hydrogen) atoms. The first kappa shape index (κ1) is 18.7. The minimum Gasteiger partial charge on any atom is -0.343 e. The van der Waals surface area contributed by atoms with Crippen LogP contribution in [0.25, 0.3) is 0 Å². The molecular weight excluding hydrogens is 479 g/mol. The summed E-state index contributed by atoms with van der Waals surface area (Å²) in [6.07, 6.45) is 0. The standard InChI is InChI=1S/C16H12F2IN3O3S/c17-16(18,10-4-2-1-3-5-10)9-20-15(23)14-21-12-7-6-11(19)8-13(12)26(24,25)22-14/h1-8H,9H2,(H,20,23)(H,21,22). The highest BCUT2D eigenvalue weighted by Gasteiger charge is 2.34. The highest BCUT2D eigenvalue weighted by Crippen LogP contribution is 2.29. The van der Waals surface area contributed by atoms with Crippen molar-refractivity contribution in [3.63, 3.8) is 0 Å². The first-order valence-electron chi connectivity index (χ1n) is 7.32. The summed E-state index contributed by atoms with van der Waals surface area (Å²) in [4.78, 5) is 16.0. The zero-order valence-electron chi connectivity index (χ0n) is 13.0. The van der Waals surface area contributed by atoms with Gasteiger partial charge in [0.15, 0.2) is 0 Å². The van der Waals surface area contributed by atoms with E-state index >= 15 is 0 Å². The molecule has 0 bridgehead atoms. The summed E-state index contributed by atoms with van der Waals surface area (Å²) in [7, 11) is -4.00. The molecule has 1 aliphatic heterocycles. The average molecular weight is 491 g/mol. The molecule has 2 aromatic carbocycles. The van der Waals surface area contributed by atoms with E-state index in [1.807, 2.05) is 32.6 Å². The highest BCUT2D eigenvalue weighted by atomic mass is 127. The summed E-state index contributed by atoms with van der Waals surface area (Å²) >= 11 is 1.95. The maximum atomic E-state index is 14.1. The molecule has 0 aromatic heterocycles. The lowest BCUT2D eigenvalue weighted by Gasteiger charge is -2.20. The van der Waals surface area contributed by atoms with E-state index in [1.165, 1.54) is 36.4 Å². The normalized spacial score (nSPS) is 15.4. The lowest BCUT2D eigenvalue weighted by molar-refractivity contribution is -0.117. The molecule has 0 spiro atoms. The van der Waals surface area contributed by atoms with Gasteiger partial charge in [-0.05, 0) is 40.8 Å². The van der Waals surface area contributed by atoms with Crippen LogP contribution in [0.1, 0.15) is 5.56 Å². The van der Waals surface area contributed by atoms with Crippen LogP contribution in [0.2, 0.25) is 0 Å². The zero-order chi connectivity index (χ0) is 18.9. The number of nitrogens with one attached hydrogen (secondary N) is 2. The number of hydrogen-bond acceptors (Lipinski definition) is 4. The van der Waals surface area contributed by atoms with Crippen molar-refractivity contribution in [3.05, 3.63) is 57.7 Å². The molecular formula is C16H12F2IN3O3S. The number of carbonyl (C=O) groups excluding carboxylic acids is 1. The van der Waals surface area contributed by atoms with Gasteiger partial charge in [0, 0.05) is 9.13 Å². The van der Waals surface area contributed by atoms with E-state index in [1.54, 1.807) is 12.1 Å². The lowest BCUT2D eigenvalue weighted by atomic mass is 10.1. The lowest BCUT2D eigenvalue weighted by Crippen LogP contribution is -2.46. The number of sulfonamides is 1. The number of amides is 1. The largest absolute Gasteiger partial charge is 0.343 e. The van der Waals surface area contributed by atoms with Crippen molar-refractivity contribution in [2.24, 2.45) is 4.99 Å². The third-order valence-electron chi connectivity index (χ3n) is 3.56. The first-order valence-corrected chi connectivity index (χ1v) is 9.88. The van der Waals surface area contributed by atoms with Gasteiger partial charge in [-0.3, -0.25) is 9.52 Å². The van der Waals surface area contributed by atoms with E-state index in [0.29, 0.717) is 3.57 Å². The number of halogens is 3. The van der Waals surface area contributed by atoms with Crippen molar-refractivity contribution in [1.82, 2.24) is 10.0 Å². The molecule has 0 radical (unpaired) electrons. The SMILES string of the molecule is O=C(NCC(F)(F)c1ccccc1)C1=Nc2ccc(I)cc2S(=O)(=O)N1. The minimum absolute atomic E-state index is 0.0733. The number of aliphatic imine (C=N–C) groups is 1. The van der Waals surface area contributed by atoms with Gasteiger partial charge in [0.2, 0.25) is 5.84 Å². The van der Waals surface area contributed by atoms with Gasteiger partial charge in [-0.15, -0.1) is 0 Å². The summed E-state index contributed by atoms with van der Waals surface area (Å²) < 4.78 is 55.4. The summed E-state index contributed by atoms with van der Waals surface area (Å²) in [5.41, 5.74) is -0.185. The number of carbonyl (C=O) groups is 1. The van der Waals surface area contributed by atoms with E-state index in [0.717, 1.165) is 0 Å². The van der Waals surface area contributed by atoms with E-state index in [-0.39, 0.29) is 16.1 Å². The Kier molecular flexibility index (Phi) is 4.97. The van der Waals surface area contributed by atoms with Crippen LogP contribution < -0.4 is 10.0 Å². The maximum Gasteiger partial charge on any atom is 0.290 e. The van der Waals surface area contributed by atoms with Gasteiger partial charge in [-0.2, -0.15) is 8.78 Å². The number of fused-ring (bicyclic) bond motifs is 1. The fourth-order valence-electron chi connectivity index (χ4n) is 2.28. The van der Waals surface area contributed by atoms with Gasteiger partial charge in [-0.1, -0.05) is 30.3 Å². The van der Waals surface area contributed by atoms with Crippen LogP contribution >= 0.6 is 22.6 Å². The molecule has 0 fully saturated rings. The Morgan fingerprint density at radius 1 is 1.19 bits per heavy atom. The molecule has 0 saturated heterocycles. The summed E-state index contributed by atoms with van der Waals surface area (Å²) in [6, 6.07) is 11.5. The van der Waals surface area contributed by atoms with Gasteiger partial charge in [0.25, 0.3) is 21.9 Å². The van der Waals surface area contributed by atoms with Crippen LogP contribution in [0, 0.1) is 3.57 Å². The molecule has 0 unspecified atom stereocenters. The number of nitrogens with zero attached hydrogens (tertiary/aromatic N) is 1. The first-order chi connectivity index (χ1) is 12.2. The number of alkyl halides is 2. The summed E-state index contributed by atoms with van der Waals surface area (Å²) in [6.45, 7) is -0.990. The highest BCUT2D eigenvalue weighted by molar-refractivity contribution is 14.1. The molecule has 10 heteroatoms. The van der Waals surface area contributed by atoms with E-state index < -0.39 is 34.2 Å². The van der Waals surface area contributed by atoms with E-state index in [4.69, 9.17) is 0 Å². The van der Waals surface area contributed by atoms with Crippen molar-refractivity contribution < 1.29 is 22.0 Å². The van der Waals surface area contributed by atoms with Crippen molar-refractivity contribution in [1.29, 1.82) is 0 Å². The van der Waals surface area contributed by atoms with Gasteiger partial charge in [0.05, 0.1) is 12.2 Å². The van der Waals surface area contributed by atoms with Crippen LogP contribution in [0.3, 0.4) is 0 Å². The molecule has 2 N–H and O–H groups in total. The summed E-state index contributed by atoms with van der Waals surface area (Å²) in [5, 5.41) is 2.02.